The summed E-state index contributed by atoms with van der Waals surface area (Å²) < 4.78 is 2.49. The van der Waals surface area contributed by atoms with E-state index in [0.717, 1.165) is 5.69 Å². The van der Waals surface area contributed by atoms with E-state index in [1.165, 1.54) is 103 Å². The smallest absolute Gasteiger partial charge is 0.0608 e. The normalized spacial score (nSPS) is 12.5. The van der Waals surface area contributed by atoms with Crippen LogP contribution in [0.4, 0.5) is 17.1 Å². The van der Waals surface area contributed by atoms with Crippen molar-refractivity contribution in [3.05, 3.63) is 206 Å². The lowest BCUT2D eigenvalue weighted by Crippen LogP contribution is -2.15. The summed E-state index contributed by atoms with van der Waals surface area (Å²) in [5, 5.41) is 10.0. The van der Waals surface area contributed by atoms with Gasteiger partial charge in [0.1, 0.15) is 0 Å². The van der Waals surface area contributed by atoms with E-state index >= 15 is 0 Å². The molecule has 0 unspecified atom stereocenters. The number of hydrogen-bond acceptors (Lipinski definition) is 2. The zero-order chi connectivity index (χ0) is 37.5. The summed E-state index contributed by atoms with van der Waals surface area (Å²) in [7, 11) is 0. The van der Waals surface area contributed by atoms with E-state index in [2.05, 4.69) is 216 Å². The van der Waals surface area contributed by atoms with Crippen LogP contribution in [0, 0.1) is 0 Å². The average Bonchev–Trinajstić information content (AvgIpc) is 3.59. The Hall–Kier alpha value is -7.07. The number of aromatic nitrogens is 1. The first-order valence-corrected chi connectivity index (χ1v) is 20.3. The summed E-state index contributed by atoms with van der Waals surface area (Å²) in [5.41, 5.74) is 12.1. The van der Waals surface area contributed by atoms with Gasteiger partial charge in [0.25, 0.3) is 0 Å². The summed E-state index contributed by atoms with van der Waals surface area (Å²) in [6.45, 7) is 0. The molecule has 1 aromatic heterocycles. The fourth-order valence-electron chi connectivity index (χ4n) is 9.06. The molecule has 0 fully saturated rings. The third-order valence-corrected chi connectivity index (χ3v) is 12.9. The molecule has 1 aliphatic heterocycles. The quantitative estimate of drug-likeness (QED) is 0.177. The molecule has 2 heterocycles. The van der Waals surface area contributed by atoms with Gasteiger partial charge in [-0.25, -0.2) is 0 Å². The number of anilines is 3. The van der Waals surface area contributed by atoms with E-state index in [-0.39, 0.29) is 0 Å². The predicted molar refractivity (Wildman–Crippen MR) is 243 cm³/mol. The zero-order valence-corrected chi connectivity index (χ0v) is 31.7. The molecule has 1 aliphatic rings. The van der Waals surface area contributed by atoms with Gasteiger partial charge >= 0.3 is 0 Å². The second-order valence-corrected chi connectivity index (χ2v) is 16.0. The fourth-order valence-corrected chi connectivity index (χ4v) is 10.3. The van der Waals surface area contributed by atoms with Crippen molar-refractivity contribution in [3.8, 4) is 27.9 Å². The Balaban J connectivity index is 1.06. The van der Waals surface area contributed by atoms with Crippen LogP contribution in [0.1, 0.15) is 0 Å². The summed E-state index contributed by atoms with van der Waals surface area (Å²) in [6.07, 6.45) is 0. The van der Waals surface area contributed by atoms with E-state index in [4.69, 9.17) is 0 Å². The highest BCUT2D eigenvalue weighted by Crippen LogP contribution is 2.54. The Labute approximate surface area is 334 Å². The molecule has 10 aromatic carbocycles. The number of hydrogen-bond donors (Lipinski definition) is 0. The first-order chi connectivity index (χ1) is 28.3. The van der Waals surface area contributed by atoms with Crippen LogP contribution >= 0.6 is 11.8 Å². The molecule has 266 valence electrons. The molecule has 0 atom stereocenters. The lowest BCUT2D eigenvalue weighted by atomic mass is 9.97. The molecule has 0 amide bonds. The minimum absolute atomic E-state index is 1.16. The van der Waals surface area contributed by atoms with Crippen LogP contribution in [0.15, 0.2) is 216 Å². The van der Waals surface area contributed by atoms with E-state index in [1.54, 1.807) is 0 Å². The van der Waals surface area contributed by atoms with E-state index in [1.807, 2.05) is 11.8 Å². The molecular formula is C54H34N2S. The lowest BCUT2D eigenvalue weighted by Gasteiger charge is -2.34. The van der Waals surface area contributed by atoms with Crippen LogP contribution in [0.2, 0.25) is 0 Å². The summed E-state index contributed by atoms with van der Waals surface area (Å²) >= 11 is 1.88. The molecule has 0 spiro atoms. The molecule has 0 N–H and O–H groups in total. The Kier molecular flexibility index (Phi) is 7.20. The van der Waals surface area contributed by atoms with Gasteiger partial charge in [0.2, 0.25) is 0 Å². The summed E-state index contributed by atoms with van der Waals surface area (Å²) in [5.74, 6) is 0. The van der Waals surface area contributed by atoms with Crippen LogP contribution in [-0.2, 0) is 0 Å². The molecule has 0 radical (unpaired) electrons. The van der Waals surface area contributed by atoms with Gasteiger partial charge in [-0.05, 0) is 110 Å². The van der Waals surface area contributed by atoms with Gasteiger partial charge in [-0.1, -0.05) is 157 Å². The van der Waals surface area contributed by atoms with Gasteiger partial charge in [-0.2, -0.15) is 0 Å². The molecule has 57 heavy (non-hydrogen) atoms. The van der Waals surface area contributed by atoms with Crippen LogP contribution in [0.5, 0.6) is 0 Å². The second-order valence-electron chi connectivity index (χ2n) is 14.9. The van der Waals surface area contributed by atoms with E-state index in [0.29, 0.717) is 0 Å². The maximum Gasteiger partial charge on any atom is 0.0608 e. The van der Waals surface area contributed by atoms with Crippen molar-refractivity contribution in [3.63, 3.8) is 0 Å². The monoisotopic (exact) mass is 742 g/mol. The van der Waals surface area contributed by atoms with Crippen molar-refractivity contribution in [2.75, 3.05) is 4.90 Å². The summed E-state index contributed by atoms with van der Waals surface area (Å²) in [6, 6.07) is 75.8. The van der Waals surface area contributed by atoms with Gasteiger partial charge in [0.05, 0.1) is 28.1 Å². The van der Waals surface area contributed by atoms with Gasteiger partial charge < -0.3 is 9.47 Å². The second kappa shape index (κ2) is 12.7. The molecule has 3 heteroatoms. The van der Waals surface area contributed by atoms with Gasteiger partial charge in [0.15, 0.2) is 0 Å². The maximum atomic E-state index is 2.49. The third kappa shape index (κ3) is 5.06. The molecule has 0 aliphatic carbocycles. The molecular weight excluding hydrogens is 709 g/mol. The van der Waals surface area contributed by atoms with Crippen LogP contribution in [-0.4, -0.2) is 4.57 Å². The molecule has 0 saturated heterocycles. The minimum atomic E-state index is 1.16. The number of benzene rings is 10. The minimum Gasteiger partial charge on any atom is -0.309 e. The lowest BCUT2D eigenvalue weighted by molar-refractivity contribution is 1.18. The first kappa shape index (κ1) is 32.2. The highest BCUT2D eigenvalue weighted by molar-refractivity contribution is 8.00. The van der Waals surface area contributed by atoms with Crippen molar-refractivity contribution in [1.82, 2.24) is 4.57 Å². The van der Waals surface area contributed by atoms with Crippen LogP contribution < -0.4 is 4.90 Å². The average molecular weight is 743 g/mol. The van der Waals surface area contributed by atoms with Crippen LogP contribution in [0.25, 0.3) is 82.1 Å². The standard InChI is InChI=1S/C54H34N2S/c1-3-13-35(14-4-1)42-26-30-48(45-22-12-11-21-44(42)45)56-49-27-24-39(32-46(49)47-31-37-16-7-8-17-38(37)33-52(47)56)40-25-28-50-53(34-40)57-54-43-20-10-9-15-36(43)23-29-51(54)55(50)41-18-5-2-6-19-41/h1-34H. The topological polar surface area (TPSA) is 8.17 Å². The van der Waals surface area contributed by atoms with E-state index in [9.17, 15) is 0 Å². The number of para-hydroxylation sites is 1. The fraction of sp³-hybridized carbons (Fsp3) is 0. The third-order valence-electron chi connectivity index (χ3n) is 11.7. The number of rotatable bonds is 4. The Morgan fingerprint density at radius 1 is 0.333 bits per heavy atom. The number of fused-ring (bicyclic) bond motifs is 9. The zero-order valence-electron chi connectivity index (χ0n) is 30.9. The molecule has 0 saturated carbocycles. The highest BCUT2D eigenvalue weighted by atomic mass is 32.2. The van der Waals surface area contributed by atoms with Gasteiger partial charge in [-0.15, -0.1) is 0 Å². The molecule has 12 rings (SSSR count). The van der Waals surface area contributed by atoms with Crippen molar-refractivity contribution in [2.45, 2.75) is 9.79 Å². The Morgan fingerprint density at radius 2 is 0.947 bits per heavy atom. The van der Waals surface area contributed by atoms with Crippen LogP contribution in [0.3, 0.4) is 0 Å². The van der Waals surface area contributed by atoms with Gasteiger partial charge in [0, 0.05) is 31.6 Å². The highest BCUT2D eigenvalue weighted by Gasteiger charge is 2.27. The molecule has 0 bridgehead atoms. The van der Waals surface area contributed by atoms with Crippen molar-refractivity contribution in [1.29, 1.82) is 0 Å². The SMILES string of the molecule is c1ccc(-c2ccc(-n3c4ccc(-c5ccc6c(c5)Sc5c(ccc7ccccc57)N6c5ccccc5)cc4c4cc5ccccc5cc43)c3ccccc23)cc1. The Morgan fingerprint density at radius 3 is 1.77 bits per heavy atom. The number of nitrogens with zero attached hydrogens (tertiary/aromatic N) is 2. The van der Waals surface area contributed by atoms with Crippen molar-refractivity contribution in [2.24, 2.45) is 0 Å². The summed E-state index contributed by atoms with van der Waals surface area (Å²) in [4.78, 5) is 4.96. The predicted octanol–water partition coefficient (Wildman–Crippen LogP) is 15.5. The van der Waals surface area contributed by atoms with Gasteiger partial charge in [-0.3, -0.25) is 0 Å². The maximum absolute atomic E-state index is 2.49. The largest absolute Gasteiger partial charge is 0.309 e. The van der Waals surface area contributed by atoms with Crippen molar-refractivity contribution < 1.29 is 0 Å². The van der Waals surface area contributed by atoms with Crippen molar-refractivity contribution >= 4 is 82.9 Å². The molecule has 11 aromatic rings. The molecule has 2 nitrogen and oxygen atoms in total. The first-order valence-electron chi connectivity index (χ1n) is 19.5. The van der Waals surface area contributed by atoms with E-state index < -0.39 is 0 Å². The Bertz CT molecular complexity index is 3380.